The summed E-state index contributed by atoms with van der Waals surface area (Å²) in [5.74, 6) is 0. The molecule has 0 amide bonds. The second kappa shape index (κ2) is 3.37. The third-order valence-electron chi connectivity index (χ3n) is 1.59. The average molecular weight is 140 g/mol. The van der Waals surface area contributed by atoms with Crippen molar-refractivity contribution in [3.05, 3.63) is 12.3 Å². The van der Waals surface area contributed by atoms with Crippen LogP contribution in [0.15, 0.2) is 17.3 Å². The summed E-state index contributed by atoms with van der Waals surface area (Å²) < 4.78 is 0. The number of aliphatic hydroxyl groups is 1. The van der Waals surface area contributed by atoms with Crippen LogP contribution in [0.5, 0.6) is 0 Å². The van der Waals surface area contributed by atoms with Crippen LogP contribution in [0.2, 0.25) is 0 Å². The number of likely N-dealkylation sites (N-methyl/N-ethyl adjacent to an activating group) is 1. The van der Waals surface area contributed by atoms with Crippen LogP contribution in [-0.2, 0) is 0 Å². The molecule has 1 atom stereocenters. The van der Waals surface area contributed by atoms with Crippen molar-refractivity contribution < 1.29 is 5.11 Å². The van der Waals surface area contributed by atoms with Crippen molar-refractivity contribution in [2.24, 2.45) is 4.99 Å². The zero-order valence-electron chi connectivity index (χ0n) is 6.07. The van der Waals surface area contributed by atoms with Crippen molar-refractivity contribution >= 4 is 6.34 Å². The van der Waals surface area contributed by atoms with Gasteiger partial charge in [-0.15, -0.1) is 0 Å². The van der Waals surface area contributed by atoms with Crippen molar-refractivity contribution in [2.45, 2.75) is 12.5 Å². The molecule has 0 bridgehead atoms. The molecule has 0 radical (unpaired) electrons. The van der Waals surface area contributed by atoms with Crippen molar-refractivity contribution in [3.63, 3.8) is 0 Å². The van der Waals surface area contributed by atoms with Crippen molar-refractivity contribution in [3.8, 4) is 0 Å². The first kappa shape index (κ1) is 7.28. The third kappa shape index (κ3) is 1.57. The Labute approximate surface area is 60.7 Å². The van der Waals surface area contributed by atoms with E-state index in [1.807, 2.05) is 18.0 Å². The van der Waals surface area contributed by atoms with E-state index in [0.717, 1.165) is 6.42 Å². The summed E-state index contributed by atoms with van der Waals surface area (Å²) >= 11 is 0. The van der Waals surface area contributed by atoms with Gasteiger partial charge in [0.1, 0.15) is 0 Å². The molecule has 1 unspecified atom stereocenters. The molecule has 0 saturated heterocycles. The maximum absolute atomic E-state index is 8.63. The molecule has 10 heavy (non-hydrogen) atoms. The lowest BCUT2D eigenvalue weighted by Gasteiger charge is -2.24. The van der Waals surface area contributed by atoms with Gasteiger partial charge in [-0.05, 0) is 12.5 Å². The quantitative estimate of drug-likeness (QED) is 0.595. The zero-order chi connectivity index (χ0) is 7.40. The number of rotatable bonds is 2. The molecule has 1 rings (SSSR count). The van der Waals surface area contributed by atoms with Gasteiger partial charge in [0.05, 0.1) is 12.4 Å². The Morgan fingerprint density at radius 2 is 2.50 bits per heavy atom. The molecule has 56 valence electrons. The highest BCUT2D eigenvalue weighted by atomic mass is 16.3. The summed E-state index contributed by atoms with van der Waals surface area (Å²) in [7, 11) is 1.95. The number of aliphatic imine (C=N–C) groups is 1. The Morgan fingerprint density at radius 1 is 1.70 bits per heavy atom. The molecule has 0 saturated carbocycles. The minimum Gasteiger partial charge on any atom is -0.396 e. The van der Waals surface area contributed by atoms with Gasteiger partial charge in [0.2, 0.25) is 0 Å². The van der Waals surface area contributed by atoms with Gasteiger partial charge in [-0.1, -0.05) is 0 Å². The van der Waals surface area contributed by atoms with Crippen LogP contribution in [0.1, 0.15) is 6.42 Å². The number of aliphatic hydroxyl groups excluding tert-OH is 1. The summed E-state index contributed by atoms with van der Waals surface area (Å²) in [5.41, 5.74) is 0. The van der Waals surface area contributed by atoms with E-state index in [9.17, 15) is 0 Å². The smallest absolute Gasteiger partial charge is 0.0907 e. The van der Waals surface area contributed by atoms with Gasteiger partial charge >= 0.3 is 0 Å². The Balaban J connectivity index is 2.44. The summed E-state index contributed by atoms with van der Waals surface area (Å²) in [6.45, 7) is 0.229. The first-order valence-electron chi connectivity index (χ1n) is 3.37. The van der Waals surface area contributed by atoms with Crippen LogP contribution >= 0.6 is 0 Å². The van der Waals surface area contributed by atoms with Crippen LogP contribution < -0.4 is 0 Å². The molecule has 0 aromatic carbocycles. The van der Waals surface area contributed by atoms with Gasteiger partial charge in [-0.3, -0.25) is 0 Å². The van der Waals surface area contributed by atoms with Crippen LogP contribution in [0, 0.1) is 0 Å². The Kier molecular flexibility index (Phi) is 2.45. The largest absolute Gasteiger partial charge is 0.396 e. The summed E-state index contributed by atoms with van der Waals surface area (Å²) in [6, 6.07) is 0.322. The number of nitrogens with zero attached hydrogens (tertiary/aromatic N) is 2. The lowest BCUT2D eigenvalue weighted by Crippen LogP contribution is -2.31. The van der Waals surface area contributed by atoms with E-state index in [2.05, 4.69) is 4.99 Å². The van der Waals surface area contributed by atoms with Gasteiger partial charge in [0.25, 0.3) is 0 Å². The maximum atomic E-state index is 8.63. The zero-order valence-corrected chi connectivity index (χ0v) is 6.07. The van der Waals surface area contributed by atoms with Crippen molar-refractivity contribution in [1.82, 2.24) is 4.90 Å². The SMILES string of the molecule is CN1C=NC=CC1CCO. The molecular formula is C7H12N2O. The molecule has 0 fully saturated rings. The van der Waals surface area contributed by atoms with Gasteiger partial charge in [-0.2, -0.15) is 0 Å². The van der Waals surface area contributed by atoms with E-state index in [4.69, 9.17) is 5.11 Å². The fourth-order valence-corrected chi connectivity index (χ4v) is 0.946. The fourth-order valence-electron chi connectivity index (χ4n) is 0.946. The van der Waals surface area contributed by atoms with E-state index in [1.54, 1.807) is 12.5 Å². The number of hydrogen-bond acceptors (Lipinski definition) is 3. The minimum atomic E-state index is 0.229. The molecule has 0 aromatic heterocycles. The van der Waals surface area contributed by atoms with Crippen LogP contribution in [-0.4, -0.2) is 36.0 Å². The first-order chi connectivity index (χ1) is 4.84. The van der Waals surface area contributed by atoms with E-state index < -0.39 is 0 Å². The maximum Gasteiger partial charge on any atom is 0.0907 e. The van der Waals surface area contributed by atoms with Gasteiger partial charge in [-0.25, -0.2) is 4.99 Å². The summed E-state index contributed by atoms with van der Waals surface area (Å²) in [6.07, 6.45) is 6.29. The second-order valence-corrected chi connectivity index (χ2v) is 2.35. The molecule has 0 aliphatic carbocycles. The predicted octanol–water partition coefficient (Wildman–Crippen LogP) is 0.225. The monoisotopic (exact) mass is 140 g/mol. The second-order valence-electron chi connectivity index (χ2n) is 2.35. The molecule has 3 heteroatoms. The molecule has 1 heterocycles. The molecule has 1 aliphatic heterocycles. The highest BCUT2D eigenvalue weighted by Gasteiger charge is 2.08. The van der Waals surface area contributed by atoms with Gasteiger partial charge in [0.15, 0.2) is 0 Å². The lowest BCUT2D eigenvalue weighted by atomic mass is 10.2. The molecule has 1 aliphatic rings. The normalized spacial score (nSPS) is 23.8. The fraction of sp³-hybridized carbons (Fsp3) is 0.571. The average Bonchev–Trinajstić information content (AvgIpc) is 1.94. The van der Waals surface area contributed by atoms with Gasteiger partial charge < -0.3 is 10.0 Å². The third-order valence-corrected chi connectivity index (χ3v) is 1.59. The summed E-state index contributed by atoms with van der Waals surface area (Å²) in [5, 5.41) is 8.63. The topological polar surface area (TPSA) is 35.8 Å². The summed E-state index contributed by atoms with van der Waals surface area (Å²) in [4.78, 5) is 5.91. The Morgan fingerprint density at radius 3 is 3.10 bits per heavy atom. The predicted molar refractivity (Wildman–Crippen MR) is 40.9 cm³/mol. The van der Waals surface area contributed by atoms with E-state index in [-0.39, 0.29) is 6.61 Å². The highest BCUT2D eigenvalue weighted by molar-refractivity contribution is 5.57. The van der Waals surface area contributed by atoms with Gasteiger partial charge in [0, 0.05) is 19.9 Å². The molecule has 0 spiro atoms. The first-order valence-corrected chi connectivity index (χ1v) is 3.37. The van der Waals surface area contributed by atoms with Crippen LogP contribution in [0.4, 0.5) is 0 Å². The Bertz CT molecular complexity index is 154. The highest BCUT2D eigenvalue weighted by Crippen LogP contribution is 2.04. The van der Waals surface area contributed by atoms with Crippen molar-refractivity contribution in [2.75, 3.05) is 13.7 Å². The number of hydrogen-bond donors (Lipinski definition) is 1. The van der Waals surface area contributed by atoms with Crippen LogP contribution in [0.3, 0.4) is 0 Å². The van der Waals surface area contributed by atoms with E-state index in [0.29, 0.717) is 6.04 Å². The molecular weight excluding hydrogens is 128 g/mol. The molecule has 0 aromatic rings. The standard InChI is InChI=1S/C7H12N2O/c1-9-6-8-4-2-7(9)3-5-10/h2,4,6-7,10H,3,5H2,1H3. The molecule has 3 nitrogen and oxygen atoms in total. The minimum absolute atomic E-state index is 0.229. The van der Waals surface area contributed by atoms with Crippen molar-refractivity contribution in [1.29, 1.82) is 0 Å². The molecule has 1 N–H and O–H groups in total. The van der Waals surface area contributed by atoms with Crippen LogP contribution in [0.25, 0.3) is 0 Å². The Hall–Kier alpha value is -0.830. The lowest BCUT2D eigenvalue weighted by molar-refractivity contribution is 0.254. The van der Waals surface area contributed by atoms with E-state index >= 15 is 0 Å². The van der Waals surface area contributed by atoms with E-state index in [1.165, 1.54) is 0 Å².